The fraction of sp³-hybridized carbons (Fsp3) is 0.500. The standard InChI is InChI=1S/C14H22FN3S.HI/c1-16-14(17-8-4-10-19-2)18-9-7-12-5-3-6-13(15)11-12;/h3,5-6,11H,4,7-10H2,1-2H3,(H2,16,17,18);1H. The van der Waals surface area contributed by atoms with Gasteiger partial charge in [0.2, 0.25) is 0 Å². The predicted octanol–water partition coefficient (Wildman–Crippen LogP) is 2.90. The van der Waals surface area contributed by atoms with E-state index in [4.69, 9.17) is 0 Å². The molecule has 3 nitrogen and oxygen atoms in total. The second-order valence-corrected chi connectivity index (χ2v) is 5.14. The van der Waals surface area contributed by atoms with Gasteiger partial charge in [0.15, 0.2) is 5.96 Å². The van der Waals surface area contributed by atoms with E-state index < -0.39 is 0 Å². The van der Waals surface area contributed by atoms with E-state index in [0.717, 1.165) is 43.2 Å². The number of rotatable bonds is 7. The van der Waals surface area contributed by atoms with E-state index in [-0.39, 0.29) is 29.8 Å². The summed E-state index contributed by atoms with van der Waals surface area (Å²) < 4.78 is 13.0. The zero-order valence-corrected chi connectivity index (χ0v) is 15.1. The summed E-state index contributed by atoms with van der Waals surface area (Å²) in [6, 6.07) is 6.69. The number of guanidine groups is 1. The molecule has 0 unspecified atom stereocenters. The molecule has 1 rings (SSSR count). The molecule has 20 heavy (non-hydrogen) atoms. The van der Waals surface area contributed by atoms with E-state index in [9.17, 15) is 4.39 Å². The van der Waals surface area contributed by atoms with E-state index in [2.05, 4.69) is 21.9 Å². The highest BCUT2D eigenvalue weighted by Crippen LogP contribution is 2.03. The summed E-state index contributed by atoms with van der Waals surface area (Å²) in [5.74, 6) is 1.77. The molecule has 114 valence electrons. The third-order valence-electron chi connectivity index (χ3n) is 2.64. The Kier molecular flexibility index (Phi) is 12.0. The molecule has 0 radical (unpaired) electrons. The minimum absolute atomic E-state index is 0. The predicted molar refractivity (Wildman–Crippen MR) is 97.9 cm³/mol. The smallest absolute Gasteiger partial charge is 0.190 e. The minimum Gasteiger partial charge on any atom is -0.356 e. The molecule has 0 aromatic heterocycles. The SMILES string of the molecule is CN=C(NCCCSC)NCCc1cccc(F)c1.I. The largest absolute Gasteiger partial charge is 0.356 e. The zero-order valence-electron chi connectivity index (χ0n) is 12.0. The van der Waals surface area contributed by atoms with Gasteiger partial charge in [0.25, 0.3) is 0 Å². The van der Waals surface area contributed by atoms with Crippen LogP contribution in [-0.2, 0) is 6.42 Å². The molecular formula is C14H23FIN3S. The molecular weight excluding hydrogens is 388 g/mol. The van der Waals surface area contributed by atoms with Crippen molar-refractivity contribution in [3.8, 4) is 0 Å². The summed E-state index contributed by atoms with van der Waals surface area (Å²) in [7, 11) is 1.76. The average molecular weight is 411 g/mol. The van der Waals surface area contributed by atoms with Crippen LogP contribution in [0.3, 0.4) is 0 Å². The van der Waals surface area contributed by atoms with E-state index in [1.165, 1.54) is 6.07 Å². The maximum absolute atomic E-state index is 13.0. The first-order valence-corrected chi connectivity index (χ1v) is 7.83. The Morgan fingerprint density at radius 2 is 2.05 bits per heavy atom. The minimum atomic E-state index is -0.183. The topological polar surface area (TPSA) is 36.4 Å². The maximum Gasteiger partial charge on any atom is 0.190 e. The quantitative estimate of drug-likeness (QED) is 0.314. The molecule has 0 saturated heterocycles. The molecule has 0 saturated carbocycles. The fourth-order valence-corrected chi connectivity index (χ4v) is 2.09. The van der Waals surface area contributed by atoms with Gasteiger partial charge in [-0.25, -0.2) is 4.39 Å². The molecule has 1 aromatic carbocycles. The van der Waals surface area contributed by atoms with E-state index in [1.54, 1.807) is 19.2 Å². The molecule has 2 N–H and O–H groups in total. The maximum atomic E-state index is 13.0. The molecule has 0 aliphatic heterocycles. The van der Waals surface area contributed by atoms with Crippen molar-refractivity contribution in [3.05, 3.63) is 35.6 Å². The summed E-state index contributed by atoms with van der Waals surface area (Å²) in [5.41, 5.74) is 0.991. The number of hydrogen-bond donors (Lipinski definition) is 2. The molecule has 0 amide bonds. The summed E-state index contributed by atoms with van der Waals surface area (Å²) in [4.78, 5) is 4.15. The van der Waals surface area contributed by atoms with Crippen LogP contribution >= 0.6 is 35.7 Å². The van der Waals surface area contributed by atoms with Crippen LogP contribution in [0.5, 0.6) is 0 Å². The van der Waals surface area contributed by atoms with Crippen molar-refractivity contribution >= 4 is 41.7 Å². The Morgan fingerprint density at radius 1 is 1.30 bits per heavy atom. The lowest BCUT2D eigenvalue weighted by Crippen LogP contribution is -2.38. The van der Waals surface area contributed by atoms with Gasteiger partial charge < -0.3 is 10.6 Å². The highest BCUT2D eigenvalue weighted by Gasteiger charge is 1.98. The molecule has 0 heterocycles. The Labute approximate surface area is 142 Å². The first-order chi connectivity index (χ1) is 9.26. The van der Waals surface area contributed by atoms with Crippen LogP contribution in [0.2, 0.25) is 0 Å². The molecule has 1 aromatic rings. The van der Waals surface area contributed by atoms with E-state index in [0.29, 0.717) is 0 Å². The third-order valence-corrected chi connectivity index (χ3v) is 3.33. The van der Waals surface area contributed by atoms with Gasteiger partial charge in [-0.3, -0.25) is 4.99 Å². The molecule has 0 aliphatic rings. The van der Waals surface area contributed by atoms with Gasteiger partial charge in [-0.1, -0.05) is 12.1 Å². The van der Waals surface area contributed by atoms with Gasteiger partial charge in [-0.15, -0.1) is 24.0 Å². The number of nitrogens with one attached hydrogen (secondary N) is 2. The van der Waals surface area contributed by atoms with Crippen LogP contribution in [0.15, 0.2) is 29.3 Å². The van der Waals surface area contributed by atoms with Crippen molar-refractivity contribution in [2.75, 3.05) is 32.1 Å². The third kappa shape index (κ3) is 8.63. The van der Waals surface area contributed by atoms with Crippen LogP contribution in [0.25, 0.3) is 0 Å². The number of thioether (sulfide) groups is 1. The molecule has 6 heteroatoms. The van der Waals surface area contributed by atoms with Crippen molar-refractivity contribution in [1.29, 1.82) is 0 Å². The van der Waals surface area contributed by atoms with Crippen molar-refractivity contribution in [2.24, 2.45) is 4.99 Å². The van der Waals surface area contributed by atoms with Gasteiger partial charge in [0, 0.05) is 20.1 Å². The fourth-order valence-electron chi connectivity index (χ4n) is 1.66. The number of benzene rings is 1. The summed E-state index contributed by atoms with van der Waals surface area (Å²) in [6.45, 7) is 1.66. The Hall–Kier alpha value is -0.500. The van der Waals surface area contributed by atoms with Crippen molar-refractivity contribution in [3.63, 3.8) is 0 Å². The first-order valence-electron chi connectivity index (χ1n) is 6.44. The number of aliphatic imine (C=N–C) groups is 1. The average Bonchev–Trinajstić information content (AvgIpc) is 2.41. The van der Waals surface area contributed by atoms with Gasteiger partial charge in [-0.05, 0) is 42.5 Å². The number of halogens is 2. The van der Waals surface area contributed by atoms with E-state index >= 15 is 0 Å². The first kappa shape index (κ1) is 19.5. The van der Waals surface area contributed by atoms with Gasteiger partial charge in [-0.2, -0.15) is 11.8 Å². The molecule has 0 spiro atoms. The summed E-state index contributed by atoms with van der Waals surface area (Å²) in [5, 5.41) is 6.48. The van der Waals surface area contributed by atoms with Gasteiger partial charge >= 0.3 is 0 Å². The van der Waals surface area contributed by atoms with Crippen LogP contribution in [0.1, 0.15) is 12.0 Å². The van der Waals surface area contributed by atoms with Crippen LogP contribution in [0.4, 0.5) is 4.39 Å². The molecule has 0 atom stereocenters. The highest BCUT2D eigenvalue weighted by atomic mass is 127. The lowest BCUT2D eigenvalue weighted by molar-refractivity contribution is 0.625. The molecule has 0 bridgehead atoms. The normalized spacial score (nSPS) is 10.8. The van der Waals surface area contributed by atoms with Gasteiger partial charge in [0.05, 0.1) is 0 Å². The molecule has 0 fully saturated rings. The monoisotopic (exact) mass is 411 g/mol. The zero-order chi connectivity index (χ0) is 13.9. The second-order valence-electron chi connectivity index (χ2n) is 4.15. The second kappa shape index (κ2) is 12.3. The lowest BCUT2D eigenvalue weighted by atomic mass is 10.1. The molecule has 0 aliphatic carbocycles. The Morgan fingerprint density at radius 3 is 2.70 bits per heavy atom. The van der Waals surface area contributed by atoms with Crippen molar-refractivity contribution < 1.29 is 4.39 Å². The Bertz CT molecular complexity index is 402. The van der Waals surface area contributed by atoms with Crippen molar-refractivity contribution in [2.45, 2.75) is 12.8 Å². The summed E-state index contributed by atoms with van der Waals surface area (Å²) >= 11 is 1.84. The van der Waals surface area contributed by atoms with Crippen LogP contribution in [0, 0.1) is 5.82 Å². The van der Waals surface area contributed by atoms with Crippen LogP contribution < -0.4 is 10.6 Å². The lowest BCUT2D eigenvalue weighted by Gasteiger charge is -2.11. The highest BCUT2D eigenvalue weighted by molar-refractivity contribution is 14.0. The van der Waals surface area contributed by atoms with Crippen LogP contribution in [-0.4, -0.2) is 38.1 Å². The summed E-state index contributed by atoms with van der Waals surface area (Å²) in [6.07, 6.45) is 4.00. The number of nitrogens with zero attached hydrogens (tertiary/aromatic N) is 1. The number of hydrogen-bond acceptors (Lipinski definition) is 2. The van der Waals surface area contributed by atoms with Gasteiger partial charge in [0.1, 0.15) is 5.82 Å². The van der Waals surface area contributed by atoms with E-state index in [1.807, 2.05) is 17.8 Å². The Balaban J connectivity index is 0.00000361. The van der Waals surface area contributed by atoms with Crippen molar-refractivity contribution in [1.82, 2.24) is 10.6 Å².